The lowest BCUT2D eigenvalue weighted by molar-refractivity contribution is -0.138. The zero-order valence-corrected chi connectivity index (χ0v) is 15.0. The molecule has 1 aromatic rings. The molecule has 2 heterocycles. The van der Waals surface area contributed by atoms with Gasteiger partial charge in [0.2, 0.25) is 10.0 Å². The fraction of sp³-hybridized carbons (Fsp3) is 0.529. The van der Waals surface area contributed by atoms with Gasteiger partial charge in [-0.15, -0.1) is 0 Å². The van der Waals surface area contributed by atoms with Gasteiger partial charge in [-0.3, -0.25) is 13.9 Å². The number of nitrogens with zero attached hydrogens (tertiary/aromatic N) is 2. The second-order valence-corrected chi connectivity index (χ2v) is 8.67. The van der Waals surface area contributed by atoms with Crippen molar-refractivity contribution in [1.29, 1.82) is 0 Å². The average Bonchev–Trinajstić information content (AvgIpc) is 2.97. The predicted molar refractivity (Wildman–Crippen MR) is 93.2 cm³/mol. The summed E-state index contributed by atoms with van der Waals surface area (Å²) in [5.41, 5.74) is 2.09. The van der Waals surface area contributed by atoms with Crippen LogP contribution < -0.4 is 4.31 Å². The van der Waals surface area contributed by atoms with Crippen molar-refractivity contribution in [3.05, 3.63) is 29.3 Å². The first kappa shape index (κ1) is 17.7. The molecular formula is C17H22N2O5S. The van der Waals surface area contributed by atoms with Crippen molar-refractivity contribution in [2.45, 2.75) is 25.7 Å². The Hall–Kier alpha value is -2.09. The molecule has 0 aliphatic carbocycles. The van der Waals surface area contributed by atoms with Crippen LogP contribution in [0.25, 0.3) is 0 Å². The summed E-state index contributed by atoms with van der Waals surface area (Å²) >= 11 is 0. The van der Waals surface area contributed by atoms with Crippen LogP contribution >= 0.6 is 0 Å². The van der Waals surface area contributed by atoms with Crippen molar-refractivity contribution in [2.24, 2.45) is 5.92 Å². The fourth-order valence-electron chi connectivity index (χ4n) is 3.62. The van der Waals surface area contributed by atoms with E-state index in [9.17, 15) is 18.0 Å². The lowest BCUT2D eigenvalue weighted by Crippen LogP contribution is -2.38. The Kier molecular flexibility index (Phi) is 4.73. The molecule has 8 heteroatoms. The Balaban J connectivity index is 1.70. The zero-order chi connectivity index (χ0) is 18.2. The summed E-state index contributed by atoms with van der Waals surface area (Å²) in [6.45, 7) is 1.53. The molecule has 1 saturated heterocycles. The van der Waals surface area contributed by atoms with Gasteiger partial charge in [0.15, 0.2) is 0 Å². The quantitative estimate of drug-likeness (QED) is 0.868. The van der Waals surface area contributed by atoms with Gasteiger partial charge in [-0.05, 0) is 48.9 Å². The number of anilines is 1. The van der Waals surface area contributed by atoms with Gasteiger partial charge >= 0.3 is 5.97 Å². The number of aliphatic carboxylic acids is 1. The van der Waals surface area contributed by atoms with Crippen molar-refractivity contribution in [1.82, 2.24) is 4.90 Å². The molecule has 0 aromatic heterocycles. The normalized spacial score (nSPS) is 18.3. The van der Waals surface area contributed by atoms with Crippen LogP contribution in [0.15, 0.2) is 18.2 Å². The van der Waals surface area contributed by atoms with E-state index in [4.69, 9.17) is 5.11 Å². The molecule has 1 amide bonds. The number of hydrogen-bond donors (Lipinski definition) is 1. The van der Waals surface area contributed by atoms with Crippen LogP contribution in [0.3, 0.4) is 0 Å². The van der Waals surface area contributed by atoms with E-state index in [0.29, 0.717) is 50.1 Å². The third-order valence-corrected chi connectivity index (χ3v) is 6.12. The lowest BCUT2D eigenvalue weighted by atomic mass is 9.93. The summed E-state index contributed by atoms with van der Waals surface area (Å²) in [7, 11) is -3.30. The number of benzene rings is 1. The van der Waals surface area contributed by atoms with Gasteiger partial charge < -0.3 is 10.0 Å². The second-order valence-electron chi connectivity index (χ2n) is 6.76. The Bertz CT molecular complexity index is 797. The van der Waals surface area contributed by atoms with Gasteiger partial charge in [-0.1, -0.05) is 0 Å². The first-order valence-electron chi connectivity index (χ1n) is 8.37. The molecule has 1 N–H and O–H groups in total. The van der Waals surface area contributed by atoms with Gasteiger partial charge in [-0.2, -0.15) is 0 Å². The van der Waals surface area contributed by atoms with E-state index < -0.39 is 16.0 Å². The maximum absolute atomic E-state index is 12.7. The molecule has 1 aromatic carbocycles. The van der Waals surface area contributed by atoms with Crippen molar-refractivity contribution in [3.8, 4) is 0 Å². The van der Waals surface area contributed by atoms with Crippen molar-refractivity contribution in [2.75, 3.05) is 30.2 Å². The number of carbonyl (C=O) groups is 2. The standard InChI is InChI=1S/C17H22N2O5S/c1-25(23,24)19-9-6-13-11-14(2-3-15(13)19)17(22)18-7-4-12(5-8-18)10-16(20)21/h2-3,11-12H,4-10H2,1H3,(H,20,21). The largest absolute Gasteiger partial charge is 0.481 e. The molecule has 0 atom stereocenters. The molecule has 0 spiro atoms. The summed E-state index contributed by atoms with van der Waals surface area (Å²) in [4.78, 5) is 25.2. The minimum Gasteiger partial charge on any atom is -0.481 e. The highest BCUT2D eigenvalue weighted by molar-refractivity contribution is 7.92. The minimum atomic E-state index is -3.30. The van der Waals surface area contributed by atoms with Crippen LogP contribution in [0.1, 0.15) is 35.2 Å². The first-order chi connectivity index (χ1) is 11.8. The fourth-order valence-corrected chi connectivity index (χ4v) is 4.58. The summed E-state index contributed by atoms with van der Waals surface area (Å²) in [5, 5.41) is 8.86. The molecule has 136 valence electrons. The van der Waals surface area contributed by atoms with Crippen LogP contribution in [0, 0.1) is 5.92 Å². The summed E-state index contributed by atoms with van der Waals surface area (Å²) in [5.74, 6) is -0.738. The third-order valence-electron chi connectivity index (χ3n) is 4.94. The number of amides is 1. The Morgan fingerprint density at radius 1 is 1.20 bits per heavy atom. The van der Waals surface area contributed by atoms with Gasteiger partial charge in [0.25, 0.3) is 5.91 Å². The molecule has 0 radical (unpaired) electrons. The zero-order valence-electron chi connectivity index (χ0n) is 14.1. The molecule has 0 bridgehead atoms. The number of sulfonamides is 1. The van der Waals surface area contributed by atoms with Crippen LogP contribution in [-0.4, -0.2) is 56.2 Å². The highest BCUT2D eigenvalue weighted by Gasteiger charge is 2.29. The van der Waals surface area contributed by atoms with E-state index in [0.717, 1.165) is 5.56 Å². The van der Waals surface area contributed by atoms with E-state index in [2.05, 4.69) is 0 Å². The molecule has 2 aliphatic rings. The summed E-state index contributed by atoms with van der Waals surface area (Å²) in [6, 6.07) is 5.16. The molecule has 7 nitrogen and oxygen atoms in total. The predicted octanol–water partition coefficient (Wildman–Crippen LogP) is 1.34. The van der Waals surface area contributed by atoms with Gasteiger partial charge in [0.05, 0.1) is 11.9 Å². The van der Waals surface area contributed by atoms with E-state index in [-0.39, 0.29) is 18.2 Å². The highest BCUT2D eigenvalue weighted by Crippen LogP contribution is 2.31. The monoisotopic (exact) mass is 366 g/mol. The number of carboxylic acids is 1. The Morgan fingerprint density at radius 3 is 2.48 bits per heavy atom. The summed E-state index contributed by atoms with van der Waals surface area (Å²) in [6.07, 6.45) is 3.34. The average molecular weight is 366 g/mol. The van der Waals surface area contributed by atoms with Gasteiger partial charge in [0, 0.05) is 31.6 Å². The molecule has 0 unspecified atom stereocenters. The Labute approximate surface area is 147 Å². The van der Waals surface area contributed by atoms with Gasteiger partial charge in [-0.25, -0.2) is 8.42 Å². The number of rotatable bonds is 4. The van der Waals surface area contributed by atoms with E-state index in [1.54, 1.807) is 23.1 Å². The minimum absolute atomic E-state index is 0.0746. The van der Waals surface area contributed by atoms with Crippen LogP contribution in [-0.2, 0) is 21.2 Å². The Morgan fingerprint density at radius 2 is 1.88 bits per heavy atom. The lowest BCUT2D eigenvalue weighted by Gasteiger charge is -2.31. The maximum atomic E-state index is 12.7. The maximum Gasteiger partial charge on any atom is 0.303 e. The molecule has 3 rings (SSSR count). The number of carbonyl (C=O) groups excluding carboxylic acids is 1. The topological polar surface area (TPSA) is 95.0 Å². The summed E-state index contributed by atoms with van der Waals surface area (Å²) < 4.78 is 24.9. The van der Waals surface area contributed by atoms with Crippen molar-refractivity contribution in [3.63, 3.8) is 0 Å². The molecule has 0 saturated carbocycles. The number of likely N-dealkylation sites (tertiary alicyclic amines) is 1. The third kappa shape index (κ3) is 3.78. The molecule has 25 heavy (non-hydrogen) atoms. The van der Waals surface area contributed by atoms with Crippen LogP contribution in [0.2, 0.25) is 0 Å². The smallest absolute Gasteiger partial charge is 0.303 e. The van der Waals surface area contributed by atoms with Gasteiger partial charge in [0.1, 0.15) is 0 Å². The number of fused-ring (bicyclic) bond motifs is 1. The second kappa shape index (κ2) is 6.67. The first-order valence-corrected chi connectivity index (χ1v) is 10.2. The SMILES string of the molecule is CS(=O)(=O)N1CCc2cc(C(=O)N3CCC(CC(=O)O)CC3)ccc21. The van der Waals surface area contributed by atoms with Crippen molar-refractivity contribution < 1.29 is 23.1 Å². The van der Waals surface area contributed by atoms with E-state index in [1.165, 1.54) is 10.6 Å². The van der Waals surface area contributed by atoms with Crippen molar-refractivity contribution >= 4 is 27.6 Å². The van der Waals surface area contributed by atoms with E-state index in [1.807, 2.05) is 0 Å². The number of hydrogen-bond acceptors (Lipinski definition) is 4. The van der Waals surface area contributed by atoms with E-state index >= 15 is 0 Å². The number of piperidine rings is 1. The molecular weight excluding hydrogens is 344 g/mol. The highest BCUT2D eigenvalue weighted by atomic mass is 32.2. The van der Waals surface area contributed by atoms with Crippen LogP contribution in [0.4, 0.5) is 5.69 Å². The number of carboxylic acid groups (broad SMARTS) is 1. The van der Waals surface area contributed by atoms with Crippen LogP contribution in [0.5, 0.6) is 0 Å². The molecule has 1 fully saturated rings. The molecule has 2 aliphatic heterocycles.